The van der Waals surface area contributed by atoms with Gasteiger partial charge < -0.3 is 19.8 Å². The summed E-state index contributed by atoms with van der Waals surface area (Å²) in [6.45, 7) is 4.81. The third-order valence-corrected chi connectivity index (χ3v) is 14.4. The first-order valence-corrected chi connectivity index (χ1v) is 31.7. The van der Waals surface area contributed by atoms with Crippen molar-refractivity contribution in [2.45, 2.75) is 289 Å². The molecule has 9 heteroatoms. The molecule has 3 unspecified atom stereocenters. The lowest BCUT2D eigenvalue weighted by Gasteiger charge is -2.25. The third kappa shape index (κ3) is 55.8. The fraction of sp³-hybridized carbons (Fsp3) is 0.823. The molecule has 1 amide bonds. The van der Waals surface area contributed by atoms with E-state index in [0.717, 1.165) is 51.4 Å². The minimum Gasteiger partial charge on any atom is -0.387 e. The average Bonchev–Trinajstić information content (AvgIpc) is 3.33. The smallest absolute Gasteiger partial charge is 0.387 e. The predicted molar refractivity (Wildman–Crippen MR) is 309 cm³/mol. The molecule has 0 radical (unpaired) electrons. The number of hydrogen-bond donors (Lipinski definition) is 3. The summed E-state index contributed by atoms with van der Waals surface area (Å²) in [5.74, 6) is -0.192. The van der Waals surface area contributed by atoms with E-state index in [1.165, 1.54) is 205 Å². The molecule has 0 rings (SSSR count). The Bertz CT molecular complexity index is 1340. The van der Waals surface area contributed by atoms with Crippen LogP contribution in [0.15, 0.2) is 60.8 Å². The van der Waals surface area contributed by atoms with Gasteiger partial charge in [-0.1, -0.05) is 254 Å². The summed E-state index contributed by atoms with van der Waals surface area (Å²) in [7, 11) is 1.55. The lowest BCUT2D eigenvalue weighted by Crippen LogP contribution is -2.45. The van der Waals surface area contributed by atoms with E-state index in [1.54, 1.807) is 6.08 Å². The van der Waals surface area contributed by atoms with E-state index in [4.69, 9.17) is 9.05 Å². The Hall–Kier alpha value is -1.80. The molecule has 0 heterocycles. The van der Waals surface area contributed by atoms with Crippen LogP contribution in [0.25, 0.3) is 0 Å². The predicted octanol–water partition coefficient (Wildman–Crippen LogP) is 18.5. The van der Waals surface area contributed by atoms with Gasteiger partial charge in [0.2, 0.25) is 5.91 Å². The Morgan fingerprint density at radius 3 is 1.21 bits per heavy atom. The molecule has 0 saturated heterocycles. The van der Waals surface area contributed by atoms with Gasteiger partial charge in [-0.15, -0.1) is 0 Å². The molecule has 0 aliphatic heterocycles. The SMILES string of the molecule is CCCCCCCCCCC/C=C\C/C=C\CCCCCCCCCCCCCC(=O)NC(COP(=O)(O)OCC[N+](C)(C)C)C(O)/C=C/CC/C=C/CC/C=C/CCCCCCCCCCCCCC. The number of likely N-dealkylation sites (N-methyl/N-ethyl adjacent to an activating group) is 1. The van der Waals surface area contributed by atoms with Crippen molar-refractivity contribution in [1.29, 1.82) is 0 Å². The Morgan fingerprint density at radius 1 is 0.479 bits per heavy atom. The fourth-order valence-corrected chi connectivity index (χ4v) is 9.43. The van der Waals surface area contributed by atoms with E-state index in [9.17, 15) is 19.4 Å². The summed E-state index contributed by atoms with van der Waals surface area (Å²) >= 11 is 0. The lowest BCUT2D eigenvalue weighted by molar-refractivity contribution is -0.870. The van der Waals surface area contributed by atoms with Gasteiger partial charge in [0.1, 0.15) is 13.2 Å². The molecule has 3 atom stereocenters. The second-order valence-electron chi connectivity index (χ2n) is 21.7. The van der Waals surface area contributed by atoms with Crippen molar-refractivity contribution in [3.05, 3.63) is 60.8 Å². The Morgan fingerprint density at radius 2 is 0.817 bits per heavy atom. The molecule has 3 N–H and O–H groups in total. The topological polar surface area (TPSA) is 105 Å². The fourth-order valence-electron chi connectivity index (χ4n) is 8.69. The van der Waals surface area contributed by atoms with Crippen LogP contribution in [0.5, 0.6) is 0 Å². The highest BCUT2D eigenvalue weighted by Gasteiger charge is 2.27. The standard InChI is InChI=1S/C62H117N2O6P/c1-6-8-10-12-14-16-18-20-22-24-26-28-30-31-32-33-34-36-38-40-42-44-46-48-50-52-54-56-62(66)63-60(59-70-71(67,68)69-58-57-64(3,4)5)61(65)55-53-51-49-47-45-43-41-39-37-35-29-27-25-23-21-19-17-15-13-11-9-7-2/h26,28,31-32,37,39,45,47,53,55,60-61,65H,6-25,27,29-30,33-36,38,40-44,46,48-52,54,56-59H2,1-5H3,(H-,63,66,67,68)/p+1/b28-26-,32-31-,39-37+,47-45+,55-53+. The summed E-state index contributed by atoms with van der Waals surface area (Å²) in [6, 6.07) is -0.874. The number of amides is 1. The van der Waals surface area contributed by atoms with Crippen molar-refractivity contribution < 1.29 is 32.9 Å². The highest BCUT2D eigenvalue weighted by atomic mass is 31.2. The van der Waals surface area contributed by atoms with Crippen LogP contribution in [-0.2, 0) is 18.4 Å². The van der Waals surface area contributed by atoms with Crippen molar-refractivity contribution in [2.75, 3.05) is 40.9 Å². The molecule has 0 aliphatic rings. The van der Waals surface area contributed by atoms with Gasteiger partial charge in [0.15, 0.2) is 0 Å². The van der Waals surface area contributed by atoms with Crippen LogP contribution in [0.1, 0.15) is 277 Å². The molecule has 8 nitrogen and oxygen atoms in total. The maximum absolute atomic E-state index is 13.0. The van der Waals surface area contributed by atoms with Gasteiger partial charge in [0.25, 0.3) is 0 Å². The van der Waals surface area contributed by atoms with Crippen LogP contribution in [-0.4, -0.2) is 73.4 Å². The molecule has 0 aliphatic carbocycles. The van der Waals surface area contributed by atoms with E-state index in [2.05, 4.69) is 67.8 Å². The Kier molecular flexibility index (Phi) is 51.7. The quantitative estimate of drug-likeness (QED) is 0.0243. The molecular weight excluding hydrogens is 900 g/mol. The second kappa shape index (κ2) is 53.0. The van der Waals surface area contributed by atoms with Gasteiger partial charge in [0, 0.05) is 6.42 Å². The number of aliphatic hydroxyl groups is 1. The number of carbonyl (C=O) groups is 1. The maximum atomic E-state index is 13.0. The zero-order valence-corrected chi connectivity index (χ0v) is 48.4. The van der Waals surface area contributed by atoms with Crippen molar-refractivity contribution in [1.82, 2.24) is 5.32 Å². The minimum absolute atomic E-state index is 0.0517. The number of rotatable bonds is 55. The number of allylic oxidation sites excluding steroid dienone is 9. The molecule has 0 spiro atoms. The van der Waals surface area contributed by atoms with Gasteiger partial charge in [-0.3, -0.25) is 13.8 Å². The van der Waals surface area contributed by atoms with Crippen molar-refractivity contribution >= 4 is 13.7 Å². The van der Waals surface area contributed by atoms with Gasteiger partial charge >= 0.3 is 7.82 Å². The minimum atomic E-state index is -4.36. The summed E-state index contributed by atoms with van der Waals surface area (Å²) in [5, 5.41) is 13.9. The largest absolute Gasteiger partial charge is 0.472 e. The molecule has 0 saturated carbocycles. The van der Waals surface area contributed by atoms with Gasteiger partial charge in [-0.2, -0.15) is 0 Å². The number of nitrogens with zero attached hydrogens (tertiary/aromatic N) is 1. The summed E-state index contributed by atoms with van der Waals surface area (Å²) < 4.78 is 23.7. The molecule has 0 bridgehead atoms. The molecule has 71 heavy (non-hydrogen) atoms. The number of phosphoric acid groups is 1. The summed E-state index contributed by atoms with van der Waals surface area (Å²) in [6.07, 6.45) is 71.9. The first-order chi connectivity index (χ1) is 34.5. The third-order valence-electron chi connectivity index (χ3n) is 13.4. The molecule has 0 aromatic rings. The highest BCUT2D eigenvalue weighted by molar-refractivity contribution is 7.47. The number of quaternary nitrogens is 1. The van der Waals surface area contributed by atoms with Crippen LogP contribution in [0.3, 0.4) is 0 Å². The highest BCUT2D eigenvalue weighted by Crippen LogP contribution is 2.43. The maximum Gasteiger partial charge on any atom is 0.472 e. The molecule has 0 fully saturated rings. The number of aliphatic hydroxyl groups excluding tert-OH is 1. The van der Waals surface area contributed by atoms with E-state index < -0.39 is 20.0 Å². The molecule has 416 valence electrons. The lowest BCUT2D eigenvalue weighted by atomic mass is 10.0. The first kappa shape index (κ1) is 69.2. The number of phosphoric ester groups is 1. The first-order valence-electron chi connectivity index (χ1n) is 30.2. The zero-order chi connectivity index (χ0) is 52.0. The Balaban J connectivity index is 4.25. The molecular formula is C62H118N2O6P+. The monoisotopic (exact) mass is 1020 g/mol. The van der Waals surface area contributed by atoms with Crippen molar-refractivity contribution in [3.8, 4) is 0 Å². The van der Waals surface area contributed by atoms with Gasteiger partial charge in [-0.05, 0) is 77.0 Å². The zero-order valence-electron chi connectivity index (χ0n) is 47.5. The normalized spacial score (nSPS) is 14.3. The number of unbranched alkanes of at least 4 members (excludes halogenated alkanes) is 34. The van der Waals surface area contributed by atoms with Gasteiger partial charge in [0.05, 0.1) is 39.9 Å². The van der Waals surface area contributed by atoms with Crippen molar-refractivity contribution in [2.24, 2.45) is 0 Å². The Labute approximate surface area is 441 Å². The summed E-state index contributed by atoms with van der Waals surface area (Å²) in [4.78, 5) is 23.3. The van der Waals surface area contributed by atoms with E-state index in [1.807, 2.05) is 27.2 Å². The van der Waals surface area contributed by atoms with E-state index in [0.29, 0.717) is 17.4 Å². The van der Waals surface area contributed by atoms with Crippen molar-refractivity contribution in [3.63, 3.8) is 0 Å². The van der Waals surface area contributed by atoms with Crippen LogP contribution in [0.2, 0.25) is 0 Å². The van der Waals surface area contributed by atoms with E-state index in [-0.39, 0.29) is 19.1 Å². The number of hydrogen-bond acceptors (Lipinski definition) is 5. The molecule has 0 aromatic carbocycles. The number of nitrogens with one attached hydrogen (secondary N) is 1. The second-order valence-corrected chi connectivity index (χ2v) is 23.2. The van der Waals surface area contributed by atoms with Crippen LogP contribution in [0, 0.1) is 0 Å². The van der Waals surface area contributed by atoms with Crippen LogP contribution in [0.4, 0.5) is 0 Å². The van der Waals surface area contributed by atoms with Gasteiger partial charge in [-0.25, -0.2) is 4.57 Å². The molecule has 0 aromatic heterocycles. The average molecular weight is 1020 g/mol. The summed E-state index contributed by atoms with van der Waals surface area (Å²) in [5.41, 5.74) is 0. The van der Waals surface area contributed by atoms with E-state index >= 15 is 0 Å². The van der Waals surface area contributed by atoms with Crippen LogP contribution >= 0.6 is 7.82 Å². The van der Waals surface area contributed by atoms with Crippen LogP contribution < -0.4 is 5.32 Å². The number of carbonyl (C=O) groups excluding carboxylic acids is 1.